The van der Waals surface area contributed by atoms with Crippen LogP contribution in [-0.2, 0) is 36.9 Å². The van der Waals surface area contributed by atoms with E-state index in [1.54, 1.807) is 0 Å². The van der Waals surface area contributed by atoms with Crippen LogP contribution in [0.3, 0.4) is 0 Å². The van der Waals surface area contributed by atoms with Gasteiger partial charge in [0.05, 0.1) is 39.8 Å². The molecule has 5 rings (SSSR count). The summed E-state index contributed by atoms with van der Waals surface area (Å²) in [5.41, 5.74) is 1.60. The van der Waals surface area contributed by atoms with Gasteiger partial charge in [-0.2, -0.15) is 0 Å². The van der Waals surface area contributed by atoms with Crippen LogP contribution in [0.25, 0.3) is 0 Å². The summed E-state index contributed by atoms with van der Waals surface area (Å²) in [6, 6.07) is 20.1. The van der Waals surface area contributed by atoms with Gasteiger partial charge >= 0.3 is 0 Å². The Balaban J connectivity index is 1.28. The summed E-state index contributed by atoms with van der Waals surface area (Å²) in [4.78, 5) is 0. The average Bonchev–Trinajstić information content (AvgIpc) is 2.98. The molecule has 1 saturated carbocycles. The summed E-state index contributed by atoms with van der Waals surface area (Å²) in [5.74, 6) is -0.944. The second-order valence-corrected chi connectivity index (χ2v) is 7.43. The van der Waals surface area contributed by atoms with E-state index in [0.29, 0.717) is 26.2 Å². The lowest BCUT2D eigenvalue weighted by Gasteiger charge is -2.59. The molecule has 5 atom stereocenters. The molecule has 0 amide bonds. The third-order valence-electron chi connectivity index (χ3n) is 5.70. The largest absolute Gasteiger partial charge is 0.374 e. The second kappa shape index (κ2) is 7.00. The highest BCUT2D eigenvalue weighted by molar-refractivity contribution is 5.19. The van der Waals surface area contributed by atoms with Crippen LogP contribution in [-0.4, -0.2) is 37.5 Å². The molecule has 27 heavy (non-hydrogen) atoms. The first-order valence-electron chi connectivity index (χ1n) is 9.94. The van der Waals surface area contributed by atoms with Crippen LogP contribution in [0.15, 0.2) is 60.7 Å². The van der Waals surface area contributed by atoms with E-state index in [-0.39, 0.29) is 18.8 Å². The minimum absolute atomic E-state index is 0.121. The van der Waals surface area contributed by atoms with Crippen LogP contribution >= 0.6 is 0 Å². The molecule has 2 heterocycles. The van der Waals surface area contributed by atoms with Gasteiger partial charge in [-0.25, -0.2) is 0 Å². The Kier molecular flexibility index (Phi) is 4.21. The maximum absolute atomic E-state index is 8.31. The van der Waals surface area contributed by atoms with Crippen molar-refractivity contribution in [3.8, 4) is 0 Å². The first-order chi connectivity index (χ1) is 13.7. The molecule has 5 nitrogen and oxygen atoms in total. The van der Waals surface area contributed by atoms with Crippen LogP contribution in [0.5, 0.6) is 0 Å². The molecule has 0 spiro atoms. The zero-order chi connectivity index (χ0) is 19.0. The summed E-state index contributed by atoms with van der Waals surface area (Å²) in [6.45, 7) is 0.715. The molecule has 0 bridgehead atoms. The van der Waals surface area contributed by atoms with Gasteiger partial charge < -0.3 is 23.7 Å². The van der Waals surface area contributed by atoms with E-state index in [0.717, 1.165) is 11.1 Å². The molecule has 5 heteroatoms. The number of benzene rings is 2. The highest BCUT2D eigenvalue weighted by Crippen LogP contribution is 2.60. The van der Waals surface area contributed by atoms with Gasteiger partial charge in [-0.05, 0) is 11.1 Å². The molecule has 2 aliphatic heterocycles. The Morgan fingerprint density at radius 3 is 2.41 bits per heavy atom. The summed E-state index contributed by atoms with van der Waals surface area (Å²) < 4.78 is 38.2. The molecule has 3 aliphatic rings. The van der Waals surface area contributed by atoms with Crippen LogP contribution in [0.4, 0.5) is 0 Å². The highest BCUT2D eigenvalue weighted by atomic mass is 16.8. The SMILES string of the molecule is [3H][C@@H]1O[C@@]2(COCc3ccccc3)CC3(OCc4ccccc4)OCOC1C32. The number of hydrogen-bond acceptors (Lipinski definition) is 5. The van der Waals surface area contributed by atoms with E-state index < -0.39 is 18.0 Å². The molecule has 2 saturated heterocycles. The predicted octanol–water partition coefficient (Wildman–Crippen LogP) is 3.28. The van der Waals surface area contributed by atoms with Crippen LogP contribution in [0.2, 0.25) is 0 Å². The zero-order valence-corrected chi connectivity index (χ0v) is 15.1. The van der Waals surface area contributed by atoms with Crippen LogP contribution in [0.1, 0.15) is 18.9 Å². The average molecular weight is 370 g/mol. The predicted molar refractivity (Wildman–Crippen MR) is 97.7 cm³/mol. The third kappa shape index (κ3) is 3.10. The number of ether oxygens (including phenoxy) is 5. The van der Waals surface area contributed by atoms with Gasteiger partial charge in [0.25, 0.3) is 0 Å². The van der Waals surface area contributed by atoms with E-state index in [4.69, 9.17) is 25.1 Å². The lowest BCUT2D eigenvalue weighted by atomic mass is 9.63. The topological polar surface area (TPSA) is 46.2 Å². The maximum atomic E-state index is 8.31. The summed E-state index contributed by atoms with van der Waals surface area (Å²) in [7, 11) is 0. The van der Waals surface area contributed by atoms with Crippen molar-refractivity contribution in [1.82, 2.24) is 0 Å². The van der Waals surface area contributed by atoms with Gasteiger partial charge in [-0.1, -0.05) is 60.7 Å². The lowest BCUT2D eigenvalue weighted by molar-refractivity contribution is -0.421. The first kappa shape index (κ1) is 16.2. The molecular formula is C22H24O5. The standard InChI is InChI=1S/C22H24O5/c1-3-7-17(8-4-1)11-23-15-21-14-22(26-12-18-9-5-2-6-10-18)20(21)19(13-25-21)24-16-27-22/h1-10,19-20H,11-16H2/t19?,20?,21-,22?/m1/s1/i13T/t13-,19?,20?,21+,22?/m0. The smallest absolute Gasteiger partial charge is 0.182 e. The molecule has 2 aromatic carbocycles. The van der Waals surface area contributed by atoms with E-state index in [1.165, 1.54) is 0 Å². The monoisotopic (exact) mass is 370 g/mol. The van der Waals surface area contributed by atoms with E-state index in [2.05, 4.69) is 0 Å². The van der Waals surface area contributed by atoms with E-state index in [1.807, 2.05) is 60.7 Å². The molecule has 0 radical (unpaired) electrons. The second-order valence-electron chi connectivity index (χ2n) is 7.43. The zero-order valence-electron chi connectivity index (χ0n) is 16.1. The van der Waals surface area contributed by atoms with Crippen molar-refractivity contribution in [3.63, 3.8) is 0 Å². The number of hydrogen-bond donors (Lipinski definition) is 0. The van der Waals surface area contributed by atoms with Crippen molar-refractivity contribution in [3.05, 3.63) is 71.8 Å². The molecule has 0 N–H and O–H groups in total. The Bertz CT molecular complexity index is 803. The van der Waals surface area contributed by atoms with Crippen LogP contribution in [0, 0.1) is 5.92 Å². The fraction of sp³-hybridized carbons (Fsp3) is 0.455. The van der Waals surface area contributed by atoms with Gasteiger partial charge in [-0.15, -0.1) is 0 Å². The van der Waals surface area contributed by atoms with Crippen LogP contribution < -0.4 is 0 Å². The number of rotatable bonds is 7. The first-order valence-corrected chi connectivity index (χ1v) is 9.36. The van der Waals surface area contributed by atoms with Crippen molar-refractivity contribution < 1.29 is 25.1 Å². The Labute approximate surface area is 160 Å². The third-order valence-corrected chi connectivity index (χ3v) is 5.70. The molecular weight excluding hydrogens is 344 g/mol. The molecule has 1 aliphatic carbocycles. The van der Waals surface area contributed by atoms with Crippen molar-refractivity contribution in [2.75, 3.05) is 20.0 Å². The molecule has 3 fully saturated rings. The Hall–Kier alpha value is -1.76. The summed E-state index contributed by atoms with van der Waals surface area (Å²) in [5, 5.41) is 0. The van der Waals surface area contributed by atoms with Crippen molar-refractivity contribution in [2.45, 2.75) is 37.1 Å². The van der Waals surface area contributed by atoms with Crippen molar-refractivity contribution >= 4 is 0 Å². The molecule has 142 valence electrons. The Morgan fingerprint density at radius 2 is 1.67 bits per heavy atom. The molecule has 0 aromatic heterocycles. The highest BCUT2D eigenvalue weighted by Gasteiger charge is 2.74. The van der Waals surface area contributed by atoms with E-state index >= 15 is 0 Å². The van der Waals surface area contributed by atoms with Gasteiger partial charge in [0.2, 0.25) is 0 Å². The fourth-order valence-corrected chi connectivity index (χ4v) is 4.39. The van der Waals surface area contributed by atoms with Gasteiger partial charge in [0.1, 0.15) is 5.60 Å². The molecule has 3 unspecified atom stereocenters. The fourth-order valence-electron chi connectivity index (χ4n) is 4.39. The minimum Gasteiger partial charge on any atom is -0.374 e. The normalized spacial score (nSPS) is 37.3. The van der Waals surface area contributed by atoms with Crippen molar-refractivity contribution in [2.24, 2.45) is 5.92 Å². The lowest BCUT2D eigenvalue weighted by Crippen LogP contribution is -2.72. The quantitative estimate of drug-likeness (QED) is 0.749. The van der Waals surface area contributed by atoms with Gasteiger partial charge in [0, 0.05) is 6.42 Å². The minimum atomic E-state index is -0.773. The van der Waals surface area contributed by atoms with E-state index in [9.17, 15) is 0 Å². The Morgan fingerprint density at radius 1 is 0.963 bits per heavy atom. The van der Waals surface area contributed by atoms with Crippen molar-refractivity contribution in [1.29, 1.82) is 0 Å². The summed E-state index contributed by atoms with van der Waals surface area (Å²) in [6.07, 6.45) is 0.181. The van der Waals surface area contributed by atoms with Gasteiger partial charge in [0.15, 0.2) is 12.6 Å². The summed E-state index contributed by atoms with van der Waals surface area (Å²) >= 11 is 0. The van der Waals surface area contributed by atoms with Gasteiger partial charge in [-0.3, -0.25) is 0 Å². The maximum Gasteiger partial charge on any atom is 0.182 e. The molecule has 2 aromatic rings.